The zero-order chi connectivity index (χ0) is 56.9. The van der Waals surface area contributed by atoms with Crippen molar-refractivity contribution in [2.24, 2.45) is 0 Å². The van der Waals surface area contributed by atoms with Gasteiger partial charge in [0.1, 0.15) is 13.2 Å². The minimum Gasteiger partial charge on any atom is -0.545 e. The summed E-state index contributed by atoms with van der Waals surface area (Å²) in [4.78, 5) is 37.3. The second-order valence-corrected chi connectivity index (χ2v) is 21.6. The molecule has 0 bridgehead atoms. The van der Waals surface area contributed by atoms with Gasteiger partial charge in [-0.3, -0.25) is 9.59 Å². The van der Waals surface area contributed by atoms with Crippen LogP contribution in [0.1, 0.15) is 239 Å². The molecule has 2 atom stereocenters. The monoisotopic (exact) mass is 1090 g/mol. The summed E-state index contributed by atoms with van der Waals surface area (Å²) in [5, 5.41) is 11.8. The summed E-state index contributed by atoms with van der Waals surface area (Å²) < 4.78 is 22.7. The van der Waals surface area contributed by atoms with E-state index in [1.165, 1.54) is 89.9 Å². The van der Waals surface area contributed by atoms with Gasteiger partial charge < -0.3 is 33.3 Å². The third kappa shape index (κ3) is 59.4. The Hall–Kier alpha value is -4.31. The van der Waals surface area contributed by atoms with Crippen LogP contribution in [-0.4, -0.2) is 82.3 Å². The first-order chi connectivity index (χ1) is 38.1. The Morgan fingerprint density at radius 2 is 0.731 bits per heavy atom. The van der Waals surface area contributed by atoms with E-state index in [-0.39, 0.29) is 38.6 Å². The lowest BCUT2D eigenvalue weighted by atomic mass is 10.0. The van der Waals surface area contributed by atoms with Crippen LogP contribution in [0, 0.1) is 0 Å². The third-order valence-corrected chi connectivity index (χ3v) is 12.9. The first-order valence-corrected chi connectivity index (χ1v) is 31.2. The molecule has 0 aliphatic carbocycles. The van der Waals surface area contributed by atoms with Crippen LogP contribution in [0.25, 0.3) is 0 Å². The molecule has 0 aromatic rings. The van der Waals surface area contributed by atoms with Gasteiger partial charge in [0, 0.05) is 12.8 Å². The molecule has 0 amide bonds. The number of nitrogens with zero attached hydrogens (tertiary/aromatic N) is 1. The van der Waals surface area contributed by atoms with Crippen molar-refractivity contribution in [3.63, 3.8) is 0 Å². The maximum atomic E-state index is 12.9. The first kappa shape index (κ1) is 73.7. The van der Waals surface area contributed by atoms with Crippen LogP contribution in [0.15, 0.2) is 122 Å². The number of hydrogen-bond acceptors (Lipinski definition) is 8. The van der Waals surface area contributed by atoms with E-state index < -0.39 is 24.3 Å². The average Bonchev–Trinajstić information content (AvgIpc) is 3.41. The highest BCUT2D eigenvalue weighted by molar-refractivity contribution is 5.70. The second kappa shape index (κ2) is 58.8. The van der Waals surface area contributed by atoms with E-state index in [0.29, 0.717) is 17.4 Å². The van der Waals surface area contributed by atoms with Gasteiger partial charge in [-0.2, -0.15) is 0 Å². The van der Waals surface area contributed by atoms with Crippen LogP contribution in [0.5, 0.6) is 0 Å². The lowest BCUT2D eigenvalue weighted by Gasteiger charge is -2.26. The number of carbonyl (C=O) groups is 3. The molecule has 0 fully saturated rings. The van der Waals surface area contributed by atoms with Crippen molar-refractivity contribution < 1.29 is 42.9 Å². The summed E-state index contributed by atoms with van der Waals surface area (Å²) in [6.07, 6.45) is 79.6. The molecule has 9 heteroatoms. The van der Waals surface area contributed by atoms with Gasteiger partial charge in [-0.25, -0.2) is 0 Å². The summed E-state index contributed by atoms with van der Waals surface area (Å²) in [5.74, 6) is -2.31. The maximum Gasteiger partial charge on any atom is 0.306 e. The number of likely N-dealkylation sites (N-methyl/N-ethyl adjacent to an activating group) is 1. The molecule has 0 saturated carbocycles. The van der Waals surface area contributed by atoms with Crippen LogP contribution in [0.4, 0.5) is 0 Å². The van der Waals surface area contributed by atoms with E-state index >= 15 is 0 Å². The van der Waals surface area contributed by atoms with E-state index in [1.54, 1.807) is 0 Å². The Kier molecular flexibility index (Phi) is 55.6. The fourth-order valence-corrected chi connectivity index (χ4v) is 8.17. The van der Waals surface area contributed by atoms with Crippen LogP contribution in [0.2, 0.25) is 0 Å². The lowest BCUT2D eigenvalue weighted by molar-refractivity contribution is -0.870. The molecule has 444 valence electrons. The van der Waals surface area contributed by atoms with Gasteiger partial charge in [0.05, 0.1) is 40.3 Å². The van der Waals surface area contributed by atoms with Gasteiger partial charge in [0.2, 0.25) is 0 Å². The Bertz CT molecular complexity index is 1690. The van der Waals surface area contributed by atoms with E-state index in [4.69, 9.17) is 18.9 Å². The van der Waals surface area contributed by atoms with Crippen LogP contribution < -0.4 is 5.11 Å². The largest absolute Gasteiger partial charge is 0.545 e. The first-order valence-electron chi connectivity index (χ1n) is 31.2. The van der Waals surface area contributed by atoms with Crippen molar-refractivity contribution in [2.75, 3.05) is 47.5 Å². The van der Waals surface area contributed by atoms with E-state index in [9.17, 15) is 19.5 Å². The third-order valence-electron chi connectivity index (χ3n) is 12.9. The van der Waals surface area contributed by atoms with Crippen molar-refractivity contribution in [1.82, 2.24) is 0 Å². The van der Waals surface area contributed by atoms with Crippen LogP contribution in [-0.2, 0) is 33.3 Å². The minimum atomic E-state index is -1.63. The predicted octanol–water partition coefficient (Wildman–Crippen LogP) is 17.5. The Morgan fingerprint density at radius 3 is 1.09 bits per heavy atom. The number of hydrogen-bond donors (Lipinski definition) is 0. The number of allylic oxidation sites excluding steroid dienone is 20. The Labute approximate surface area is 478 Å². The van der Waals surface area contributed by atoms with Crippen LogP contribution >= 0.6 is 0 Å². The molecule has 9 nitrogen and oxygen atoms in total. The van der Waals surface area contributed by atoms with Crippen molar-refractivity contribution in [3.05, 3.63) is 122 Å². The second-order valence-electron chi connectivity index (χ2n) is 21.6. The fourth-order valence-electron chi connectivity index (χ4n) is 8.17. The topological polar surface area (TPSA) is 111 Å². The molecule has 0 saturated heterocycles. The van der Waals surface area contributed by atoms with Crippen molar-refractivity contribution in [3.8, 4) is 0 Å². The number of aliphatic carboxylic acids is 1. The standard InChI is InChI=1S/C69H115NO8/c1-6-8-10-12-14-16-18-20-22-24-26-27-28-29-30-31-32-33-34-35-36-37-38-39-40-41-42-44-46-48-50-52-54-56-58-60-67(72)78-65(64-77-69(68(73)74)75-62-61-70(3,4)5)63-76-66(71)59-57-55-53-51-49-47-45-43-25-23-21-19-17-15-13-11-9-7-2/h8,10,14,16-17,19-20,22-23,25-27,29-30,32-33,35-36,38-39,65,69H,6-7,9,11-13,15,18,21,24,28,31,34,37,40-64H2,1-5H3/b10-8-,16-14-,19-17-,22-20-,25-23-,27-26-,30-29-,33-32-,36-35-,39-38-. The van der Waals surface area contributed by atoms with Crippen molar-refractivity contribution in [2.45, 2.75) is 251 Å². The highest BCUT2D eigenvalue weighted by Crippen LogP contribution is 2.15. The predicted molar refractivity (Wildman–Crippen MR) is 329 cm³/mol. The number of quaternary nitrogens is 1. The molecule has 0 spiro atoms. The molecule has 0 heterocycles. The number of carbonyl (C=O) groups excluding carboxylic acids is 3. The molecule has 0 aliphatic heterocycles. The van der Waals surface area contributed by atoms with E-state index in [0.717, 1.165) is 116 Å². The summed E-state index contributed by atoms with van der Waals surface area (Å²) in [6.45, 7) is 4.60. The molecule has 0 radical (unpaired) electrons. The van der Waals surface area contributed by atoms with E-state index in [2.05, 4.69) is 135 Å². The van der Waals surface area contributed by atoms with Gasteiger partial charge in [0.25, 0.3) is 0 Å². The summed E-state index contributed by atoms with van der Waals surface area (Å²) in [7, 11) is 5.91. The normalized spacial score (nSPS) is 13.6. The van der Waals surface area contributed by atoms with Gasteiger partial charge in [-0.05, 0) is 109 Å². The minimum absolute atomic E-state index is 0.140. The van der Waals surface area contributed by atoms with E-state index in [1.807, 2.05) is 21.1 Å². The molecule has 0 aromatic heterocycles. The molecule has 2 unspecified atom stereocenters. The Balaban J connectivity index is 4.21. The number of rotatable bonds is 56. The summed E-state index contributed by atoms with van der Waals surface area (Å²) >= 11 is 0. The zero-order valence-corrected chi connectivity index (χ0v) is 50.5. The smallest absolute Gasteiger partial charge is 0.306 e. The number of esters is 2. The fraction of sp³-hybridized carbons (Fsp3) is 0.667. The van der Waals surface area contributed by atoms with Crippen molar-refractivity contribution in [1.29, 1.82) is 0 Å². The van der Waals surface area contributed by atoms with Gasteiger partial charge in [0.15, 0.2) is 12.4 Å². The van der Waals surface area contributed by atoms with Gasteiger partial charge >= 0.3 is 11.9 Å². The number of ether oxygens (including phenoxy) is 4. The molecular formula is C69H115NO8. The maximum absolute atomic E-state index is 12.9. The highest BCUT2D eigenvalue weighted by Gasteiger charge is 2.22. The lowest BCUT2D eigenvalue weighted by Crippen LogP contribution is -2.44. The SMILES string of the molecule is CC/C=C\C/C=C\C/C=C\C/C=C\C/C=C\C/C=C\C/C=C\C/C=C\CCCCCCCCCCCCC(=O)OC(COC(=O)CCCCCCCCC/C=C\C/C=C\CCCCCC)COC(OCC[N+](C)(C)C)C(=O)[O-]. The average molecular weight is 1090 g/mol. The quantitative estimate of drug-likeness (QED) is 0.0195. The van der Waals surface area contributed by atoms with Gasteiger partial charge in [-0.15, -0.1) is 0 Å². The molecular weight excluding hydrogens is 971 g/mol. The molecule has 0 aliphatic rings. The van der Waals surface area contributed by atoms with Crippen LogP contribution in [0.3, 0.4) is 0 Å². The Morgan fingerprint density at radius 1 is 0.397 bits per heavy atom. The molecule has 78 heavy (non-hydrogen) atoms. The molecule has 0 N–H and O–H groups in total. The number of carboxylic acid groups (broad SMARTS) is 1. The summed E-state index contributed by atoms with van der Waals surface area (Å²) in [6, 6.07) is 0. The number of unbranched alkanes of at least 4 members (excludes halogenated alkanes) is 21. The van der Waals surface area contributed by atoms with Gasteiger partial charge in [-0.1, -0.05) is 238 Å². The molecule has 0 aromatic carbocycles. The molecule has 0 rings (SSSR count). The number of carboxylic acids is 1. The zero-order valence-electron chi connectivity index (χ0n) is 50.5. The van der Waals surface area contributed by atoms with Crippen molar-refractivity contribution >= 4 is 17.9 Å². The highest BCUT2D eigenvalue weighted by atomic mass is 16.7. The summed E-state index contributed by atoms with van der Waals surface area (Å²) in [5.41, 5.74) is 0.